The molecule has 0 radical (unpaired) electrons. The van der Waals surface area contributed by atoms with Gasteiger partial charge in [-0.05, 0) is 85.3 Å². The van der Waals surface area contributed by atoms with Crippen LogP contribution in [0.25, 0.3) is 11.3 Å². The van der Waals surface area contributed by atoms with Crippen LogP contribution in [0.15, 0.2) is 53.4 Å². The van der Waals surface area contributed by atoms with Gasteiger partial charge in [-0.25, -0.2) is 22.8 Å². The number of benzene rings is 3. The molecular formula is C40H38F3N9O4S. The lowest BCUT2D eigenvalue weighted by Gasteiger charge is -2.36. The molecule has 5 heterocycles. The minimum atomic E-state index is -1.03. The first-order valence-electron chi connectivity index (χ1n) is 18.5. The maximum Gasteiger partial charge on any atom is 0.257 e. The lowest BCUT2D eigenvalue weighted by atomic mass is 9.89. The van der Waals surface area contributed by atoms with Gasteiger partial charge in [0.25, 0.3) is 11.8 Å². The Bertz CT molecular complexity index is 2410. The Hall–Kier alpha value is -6.07. The zero-order chi connectivity index (χ0) is 40.0. The standard InChI is InChI=1S/C40H38F3N9O4S/c1-21-25(39(55)47-31-19-57-20-45-31)3-4-27(35(21)43)36-34(37(44)54)38-46-30-6-2-24(18-23(30)9-11-52(38)49-36)51-14-12-50(13-15-51)10-8-22-16-28(41)33(29(42)17-22)26-5-7-32(53)48-40(26)56/h2-4,6,16-20,26,46H,5,7-15H2,1H3,(H2,44,54)(H,47,55)(H,48,53,56). The molecule has 1 unspecified atom stereocenters. The lowest BCUT2D eigenvalue weighted by Crippen LogP contribution is -2.47. The normalized spacial score (nSPS) is 17.0. The van der Waals surface area contributed by atoms with Crippen molar-refractivity contribution in [3.63, 3.8) is 0 Å². The number of imide groups is 1. The third-order valence-electron chi connectivity index (χ3n) is 10.9. The van der Waals surface area contributed by atoms with Gasteiger partial charge in [0.2, 0.25) is 11.8 Å². The fourth-order valence-corrected chi connectivity index (χ4v) is 8.29. The molecule has 8 rings (SSSR count). The lowest BCUT2D eigenvalue weighted by molar-refractivity contribution is -0.134. The first-order valence-corrected chi connectivity index (χ1v) is 19.5. The Kier molecular flexibility index (Phi) is 10.3. The zero-order valence-electron chi connectivity index (χ0n) is 30.8. The summed E-state index contributed by atoms with van der Waals surface area (Å²) in [5.41, 5.74) is 10.8. The Balaban J connectivity index is 0.919. The van der Waals surface area contributed by atoms with Crippen molar-refractivity contribution in [2.75, 3.05) is 48.3 Å². The predicted molar refractivity (Wildman–Crippen MR) is 208 cm³/mol. The maximum atomic E-state index is 15.9. The number of fused-ring (bicyclic) bond motifs is 2. The maximum absolute atomic E-state index is 15.9. The number of amides is 4. The summed E-state index contributed by atoms with van der Waals surface area (Å²) in [6.07, 6.45) is 1.11. The average Bonchev–Trinajstić information content (AvgIpc) is 3.79. The van der Waals surface area contributed by atoms with E-state index >= 15 is 13.2 Å². The number of piperazine rings is 1. The van der Waals surface area contributed by atoms with Crippen LogP contribution < -0.4 is 26.6 Å². The largest absolute Gasteiger partial charge is 0.369 e. The summed E-state index contributed by atoms with van der Waals surface area (Å²) in [6, 6.07) is 11.5. The highest BCUT2D eigenvalue weighted by atomic mass is 32.1. The first kappa shape index (κ1) is 37.8. The van der Waals surface area contributed by atoms with E-state index in [0.717, 1.165) is 43.1 Å². The van der Waals surface area contributed by atoms with E-state index in [1.807, 2.05) is 12.1 Å². The highest BCUT2D eigenvalue weighted by Gasteiger charge is 2.33. The number of thiazole rings is 1. The van der Waals surface area contributed by atoms with E-state index in [1.165, 1.54) is 42.5 Å². The molecule has 4 amide bonds. The summed E-state index contributed by atoms with van der Waals surface area (Å²) in [4.78, 5) is 58.0. The smallest absolute Gasteiger partial charge is 0.257 e. The highest BCUT2D eigenvalue weighted by Crippen LogP contribution is 2.38. The van der Waals surface area contributed by atoms with Crippen LogP contribution in [0.5, 0.6) is 0 Å². The van der Waals surface area contributed by atoms with Gasteiger partial charge in [-0.15, -0.1) is 11.3 Å². The number of aryl methyl sites for hydroxylation is 2. The van der Waals surface area contributed by atoms with Gasteiger partial charge in [0, 0.05) is 79.1 Å². The van der Waals surface area contributed by atoms with E-state index in [2.05, 4.69) is 41.9 Å². The van der Waals surface area contributed by atoms with Crippen molar-refractivity contribution in [2.45, 2.75) is 45.1 Å². The number of nitrogens with one attached hydrogen (secondary N) is 3. The van der Waals surface area contributed by atoms with E-state index in [4.69, 9.17) is 5.73 Å². The van der Waals surface area contributed by atoms with E-state index in [9.17, 15) is 19.2 Å². The van der Waals surface area contributed by atoms with Crippen LogP contribution >= 0.6 is 11.3 Å². The van der Waals surface area contributed by atoms with Gasteiger partial charge in [-0.1, -0.05) is 0 Å². The zero-order valence-corrected chi connectivity index (χ0v) is 31.6. The second-order valence-electron chi connectivity index (χ2n) is 14.4. The van der Waals surface area contributed by atoms with Crippen molar-refractivity contribution in [3.05, 3.63) is 104 Å². The predicted octanol–water partition coefficient (Wildman–Crippen LogP) is 5.27. The van der Waals surface area contributed by atoms with Crippen LogP contribution in [-0.2, 0) is 29.0 Å². The number of carbonyl (C=O) groups is 4. The van der Waals surface area contributed by atoms with Gasteiger partial charge in [-0.3, -0.25) is 29.4 Å². The summed E-state index contributed by atoms with van der Waals surface area (Å²) in [5.74, 6) is -4.96. The molecule has 0 spiro atoms. The number of hydrogen-bond acceptors (Lipinski definition) is 10. The number of carbonyl (C=O) groups excluding carboxylic acids is 4. The fraction of sp³-hybridized carbons (Fsp3) is 0.300. The van der Waals surface area contributed by atoms with Crippen LogP contribution in [0, 0.1) is 24.4 Å². The summed E-state index contributed by atoms with van der Waals surface area (Å²) in [7, 11) is 0. The number of rotatable bonds is 9. The van der Waals surface area contributed by atoms with Crippen LogP contribution in [0.4, 0.5) is 36.2 Å². The van der Waals surface area contributed by atoms with Gasteiger partial charge in [0.15, 0.2) is 0 Å². The molecule has 0 bridgehead atoms. The van der Waals surface area contributed by atoms with E-state index in [-0.39, 0.29) is 46.4 Å². The molecule has 3 aromatic carbocycles. The fourth-order valence-electron chi connectivity index (χ4n) is 7.80. The SMILES string of the molecule is Cc1c(C(=O)Nc2cscn2)ccc(-c2nn3c(c2C(N)=O)Nc2ccc(N4CCN(CCc5cc(F)c(C6CCC(=O)NC6=O)c(F)c5)CC4)cc2CC3)c1F. The molecular weight excluding hydrogens is 760 g/mol. The molecule has 2 saturated heterocycles. The number of hydrogen-bond donors (Lipinski definition) is 4. The van der Waals surface area contributed by atoms with Gasteiger partial charge >= 0.3 is 0 Å². The molecule has 294 valence electrons. The Morgan fingerprint density at radius 2 is 1.75 bits per heavy atom. The van der Waals surface area contributed by atoms with Crippen molar-refractivity contribution in [2.24, 2.45) is 5.73 Å². The summed E-state index contributed by atoms with van der Waals surface area (Å²) < 4.78 is 47.6. The second-order valence-corrected chi connectivity index (χ2v) is 15.1. The van der Waals surface area contributed by atoms with Crippen molar-refractivity contribution in [1.29, 1.82) is 0 Å². The van der Waals surface area contributed by atoms with Crippen molar-refractivity contribution >= 4 is 58.0 Å². The molecule has 5 N–H and O–H groups in total. The third kappa shape index (κ3) is 7.47. The minimum absolute atomic E-state index is 0.0376. The van der Waals surface area contributed by atoms with Gasteiger partial charge in [-0.2, -0.15) is 5.10 Å². The molecule has 57 heavy (non-hydrogen) atoms. The van der Waals surface area contributed by atoms with Gasteiger partial charge in [0.1, 0.15) is 40.3 Å². The number of halogens is 3. The number of nitrogens with zero attached hydrogens (tertiary/aromatic N) is 5. The van der Waals surface area contributed by atoms with Crippen molar-refractivity contribution in [3.8, 4) is 11.3 Å². The Morgan fingerprint density at radius 1 is 0.982 bits per heavy atom. The van der Waals surface area contributed by atoms with Crippen LogP contribution in [0.1, 0.15) is 61.7 Å². The number of aromatic nitrogens is 3. The van der Waals surface area contributed by atoms with Crippen molar-refractivity contribution < 1.29 is 32.3 Å². The molecule has 0 aliphatic carbocycles. The molecule has 0 saturated carbocycles. The first-order chi connectivity index (χ1) is 27.4. The molecule has 3 aliphatic heterocycles. The number of primary amides is 1. The summed E-state index contributed by atoms with van der Waals surface area (Å²) in [5, 5.41) is 14.4. The van der Waals surface area contributed by atoms with Crippen molar-refractivity contribution in [1.82, 2.24) is 25.0 Å². The third-order valence-corrected chi connectivity index (χ3v) is 11.5. The molecule has 2 fully saturated rings. The molecule has 17 heteroatoms. The molecule has 13 nitrogen and oxygen atoms in total. The van der Waals surface area contributed by atoms with Crippen LogP contribution in [0.3, 0.4) is 0 Å². The van der Waals surface area contributed by atoms with Gasteiger partial charge < -0.3 is 21.3 Å². The Morgan fingerprint density at radius 3 is 2.46 bits per heavy atom. The minimum Gasteiger partial charge on any atom is -0.369 e. The van der Waals surface area contributed by atoms with Crippen LogP contribution in [0.2, 0.25) is 0 Å². The van der Waals surface area contributed by atoms with E-state index in [0.29, 0.717) is 43.1 Å². The summed E-state index contributed by atoms with van der Waals surface area (Å²) >= 11 is 1.32. The summed E-state index contributed by atoms with van der Waals surface area (Å²) in [6.45, 7) is 5.42. The second kappa shape index (κ2) is 15.5. The molecule has 3 aliphatic rings. The Labute approximate surface area is 329 Å². The van der Waals surface area contributed by atoms with Gasteiger partial charge in [0.05, 0.1) is 11.4 Å². The number of anilines is 4. The molecule has 5 aromatic rings. The number of piperidine rings is 1. The van der Waals surface area contributed by atoms with E-state index < -0.39 is 47.0 Å². The molecule has 1 atom stereocenters. The quantitative estimate of drug-likeness (QED) is 0.145. The van der Waals surface area contributed by atoms with E-state index in [1.54, 1.807) is 15.6 Å². The topological polar surface area (TPSA) is 168 Å². The molecule has 2 aromatic heterocycles. The monoisotopic (exact) mass is 797 g/mol. The average molecular weight is 798 g/mol. The highest BCUT2D eigenvalue weighted by molar-refractivity contribution is 7.07. The number of nitrogens with two attached hydrogens (primary N) is 1. The van der Waals surface area contributed by atoms with Crippen LogP contribution in [-0.4, -0.2) is 76.0 Å².